The first-order valence-corrected chi connectivity index (χ1v) is 12.2. The first-order chi connectivity index (χ1) is 17.3. The van der Waals surface area contributed by atoms with Crippen LogP contribution in [0.1, 0.15) is 13.8 Å². The van der Waals surface area contributed by atoms with Crippen molar-refractivity contribution < 1.29 is 23.2 Å². The van der Waals surface area contributed by atoms with Crippen molar-refractivity contribution in [3.8, 4) is 5.75 Å². The van der Waals surface area contributed by atoms with Crippen molar-refractivity contribution in [2.24, 2.45) is 0 Å². The van der Waals surface area contributed by atoms with Crippen LogP contribution in [0.4, 0.5) is 25.8 Å². The smallest absolute Gasteiger partial charge is 0.295 e. The second-order valence-electron chi connectivity index (χ2n) is 9.07. The van der Waals surface area contributed by atoms with Crippen LogP contribution < -0.4 is 14.5 Å². The summed E-state index contributed by atoms with van der Waals surface area (Å²) >= 11 is 0. The van der Waals surface area contributed by atoms with Gasteiger partial charge in [0.05, 0.1) is 16.7 Å². The monoisotopic (exact) mass is 503 g/mol. The van der Waals surface area contributed by atoms with E-state index in [1.165, 1.54) is 18.2 Å². The lowest BCUT2D eigenvalue weighted by atomic mass is 10.1. The maximum Gasteiger partial charge on any atom is 0.295 e. The van der Waals surface area contributed by atoms with Crippen LogP contribution >= 0.6 is 0 Å². The SMILES string of the molecule is CCN1CCN(c2cc(N3CCN(C(=O)COc4ccccc4F)[C@@H](C)C3)c([N+](=O)[O-])cc2F)CC1. The highest BCUT2D eigenvalue weighted by Crippen LogP contribution is 2.36. The van der Waals surface area contributed by atoms with Gasteiger partial charge in [0.25, 0.3) is 11.6 Å². The molecule has 2 aromatic rings. The molecule has 0 radical (unpaired) electrons. The number of piperazine rings is 2. The van der Waals surface area contributed by atoms with E-state index in [4.69, 9.17) is 4.74 Å². The maximum atomic E-state index is 14.9. The summed E-state index contributed by atoms with van der Waals surface area (Å²) in [7, 11) is 0. The van der Waals surface area contributed by atoms with Crippen LogP contribution in [0, 0.1) is 21.7 Å². The molecular formula is C25H31F2N5O4. The molecule has 11 heteroatoms. The number of hydrogen-bond acceptors (Lipinski definition) is 7. The van der Waals surface area contributed by atoms with Crippen molar-refractivity contribution in [3.05, 3.63) is 58.1 Å². The third kappa shape index (κ3) is 5.51. The van der Waals surface area contributed by atoms with E-state index in [0.717, 1.165) is 25.7 Å². The Labute approximate surface area is 209 Å². The fourth-order valence-electron chi connectivity index (χ4n) is 4.82. The van der Waals surface area contributed by atoms with Gasteiger partial charge in [0.2, 0.25) is 0 Å². The lowest BCUT2D eigenvalue weighted by Crippen LogP contribution is -2.55. The fraction of sp³-hybridized carbons (Fsp3) is 0.480. The molecule has 0 aromatic heterocycles. The Hall–Kier alpha value is -3.47. The van der Waals surface area contributed by atoms with Gasteiger partial charge in [-0.1, -0.05) is 19.1 Å². The van der Waals surface area contributed by atoms with Gasteiger partial charge in [-0.25, -0.2) is 8.78 Å². The van der Waals surface area contributed by atoms with Crippen molar-refractivity contribution in [2.75, 3.05) is 68.8 Å². The fourth-order valence-corrected chi connectivity index (χ4v) is 4.82. The van der Waals surface area contributed by atoms with Crippen LogP contribution in [-0.4, -0.2) is 85.6 Å². The van der Waals surface area contributed by atoms with Crippen LogP contribution in [0.5, 0.6) is 5.75 Å². The van der Waals surface area contributed by atoms with Crippen LogP contribution in [0.15, 0.2) is 36.4 Å². The highest BCUT2D eigenvalue weighted by atomic mass is 19.1. The Balaban J connectivity index is 1.47. The summed E-state index contributed by atoms with van der Waals surface area (Å²) in [5.41, 5.74) is 0.407. The number of rotatable bonds is 7. The van der Waals surface area contributed by atoms with Crippen LogP contribution in [0.25, 0.3) is 0 Å². The molecule has 2 heterocycles. The van der Waals surface area contributed by atoms with E-state index in [1.807, 2.05) is 16.7 Å². The molecule has 2 saturated heterocycles. The summed E-state index contributed by atoms with van der Waals surface area (Å²) < 4.78 is 34.1. The van der Waals surface area contributed by atoms with E-state index < -0.39 is 16.6 Å². The van der Waals surface area contributed by atoms with Gasteiger partial charge in [-0.3, -0.25) is 14.9 Å². The van der Waals surface area contributed by atoms with Gasteiger partial charge in [0.15, 0.2) is 24.0 Å². The van der Waals surface area contributed by atoms with E-state index >= 15 is 0 Å². The zero-order valence-corrected chi connectivity index (χ0v) is 20.5. The predicted octanol–water partition coefficient (Wildman–Crippen LogP) is 3.13. The number of ether oxygens (including phenoxy) is 1. The highest BCUT2D eigenvalue weighted by Gasteiger charge is 2.32. The molecule has 0 N–H and O–H groups in total. The van der Waals surface area contributed by atoms with E-state index in [0.29, 0.717) is 44.1 Å². The summed E-state index contributed by atoms with van der Waals surface area (Å²) in [6.07, 6.45) is 0. The minimum atomic E-state index is -0.609. The number of carbonyl (C=O) groups is 1. The number of nitro groups is 1. The summed E-state index contributed by atoms with van der Waals surface area (Å²) in [5, 5.41) is 11.8. The third-order valence-corrected chi connectivity index (χ3v) is 6.88. The molecule has 2 fully saturated rings. The van der Waals surface area contributed by atoms with Gasteiger partial charge in [-0.15, -0.1) is 0 Å². The molecule has 194 valence electrons. The third-order valence-electron chi connectivity index (χ3n) is 6.88. The second-order valence-corrected chi connectivity index (χ2v) is 9.07. The lowest BCUT2D eigenvalue weighted by molar-refractivity contribution is -0.384. The van der Waals surface area contributed by atoms with Gasteiger partial charge in [0.1, 0.15) is 5.69 Å². The zero-order valence-electron chi connectivity index (χ0n) is 20.5. The summed E-state index contributed by atoms with van der Waals surface area (Å²) in [4.78, 5) is 31.6. The number of likely N-dealkylation sites (N-methyl/N-ethyl adjacent to an activating group) is 1. The molecule has 0 unspecified atom stereocenters. The number of benzene rings is 2. The van der Waals surface area contributed by atoms with Gasteiger partial charge >= 0.3 is 0 Å². The predicted molar refractivity (Wildman–Crippen MR) is 133 cm³/mol. The zero-order chi connectivity index (χ0) is 25.8. The molecule has 0 spiro atoms. The minimum Gasteiger partial charge on any atom is -0.481 e. The molecular weight excluding hydrogens is 472 g/mol. The molecule has 1 atom stereocenters. The molecule has 2 aliphatic heterocycles. The average Bonchev–Trinajstić information content (AvgIpc) is 2.88. The summed E-state index contributed by atoms with van der Waals surface area (Å²) in [6.45, 7) is 8.40. The van der Waals surface area contributed by atoms with Crippen molar-refractivity contribution in [3.63, 3.8) is 0 Å². The number of anilines is 2. The number of carbonyl (C=O) groups excluding carboxylic acids is 1. The van der Waals surface area contributed by atoms with Gasteiger partial charge < -0.3 is 24.3 Å². The van der Waals surface area contributed by atoms with Crippen LogP contribution in [0.2, 0.25) is 0 Å². The minimum absolute atomic E-state index is 0.00590. The molecule has 2 aliphatic rings. The molecule has 1 amide bonds. The highest BCUT2D eigenvalue weighted by molar-refractivity contribution is 5.79. The van der Waals surface area contributed by atoms with Crippen molar-refractivity contribution in [2.45, 2.75) is 19.9 Å². The second kappa shape index (κ2) is 11.1. The van der Waals surface area contributed by atoms with Crippen LogP contribution in [-0.2, 0) is 4.79 Å². The quantitative estimate of drug-likeness (QED) is 0.424. The van der Waals surface area contributed by atoms with E-state index in [2.05, 4.69) is 11.8 Å². The summed E-state index contributed by atoms with van der Waals surface area (Å²) in [6, 6.07) is 8.17. The van der Waals surface area contributed by atoms with Crippen molar-refractivity contribution in [1.82, 2.24) is 9.80 Å². The molecule has 9 nitrogen and oxygen atoms in total. The molecule has 0 bridgehead atoms. The normalized spacial score (nSPS) is 18.9. The Morgan fingerprint density at radius 2 is 1.72 bits per heavy atom. The molecule has 0 aliphatic carbocycles. The van der Waals surface area contributed by atoms with Crippen molar-refractivity contribution in [1.29, 1.82) is 0 Å². The molecule has 4 rings (SSSR count). The topological polar surface area (TPSA) is 82.4 Å². The average molecular weight is 504 g/mol. The number of amides is 1. The van der Waals surface area contributed by atoms with E-state index in [1.54, 1.807) is 17.0 Å². The summed E-state index contributed by atoms with van der Waals surface area (Å²) in [5.74, 6) is -1.44. The van der Waals surface area contributed by atoms with Gasteiger partial charge in [-0.2, -0.15) is 0 Å². The largest absolute Gasteiger partial charge is 0.481 e. The number of halogens is 2. The Bertz CT molecular complexity index is 1110. The van der Waals surface area contributed by atoms with Gasteiger partial charge in [-0.05, 0) is 31.7 Å². The molecule has 36 heavy (non-hydrogen) atoms. The first kappa shape index (κ1) is 25.6. The Morgan fingerprint density at radius 1 is 1.03 bits per heavy atom. The number of nitro benzene ring substituents is 1. The Morgan fingerprint density at radius 3 is 2.36 bits per heavy atom. The Kier molecular flexibility index (Phi) is 7.88. The number of nitrogens with zero attached hydrogens (tertiary/aromatic N) is 5. The van der Waals surface area contributed by atoms with Crippen molar-refractivity contribution >= 4 is 23.0 Å². The van der Waals surface area contributed by atoms with Crippen LogP contribution in [0.3, 0.4) is 0 Å². The number of hydrogen-bond donors (Lipinski definition) is 0. The number of para-hydroxylation sites is 1. The first-order valence-electron chi connectivity index (χ1n) is 12.2. The van der Waals surface area contributed by atoms with Gasteiger partial charge in [0, 0.05) is 51.9 Å². The standard InChI is InChI=1S/C25H31F2N5O4/c1-3-28-8-10-29(11-9-28)21-15-22(23(32(34)35)14-20(21)27)30-12-13-31(18(2)16-30)25(33)17-36-24-7-5-4-6-19(24)26/h4-7,14-15,18H,3,8-13,16-17H2,1-2H3/t18-/m0/s1. The van der Waals surface area contributed by atoms with E-state index in [-0.39, 0.29) is 30.0 Å². The van der Waals surface area contributed by atoms with E-state index in [9.17, 15) is 23.7 Å². The molecule has 0 saturated carbocycles. The molecule has 2 aromatic carbocycles. The lowest BCUT2D eigenvalue weighted by Gasteiger charge is -2.41. The maximum absolute atomic E-state index is 14.9.